The summed E-state index contributed by atoms with van der Waals surface area (Å²) in [6.45, 7) is 0.793. The first kappa shape index (κ1) is 19.9. The molecule has 0 aliphatic carbocycles. The number of esters is 2. The van der Waals surface area contributed by atoms with E-state index in [0.717, 1.165) is 5.56 Å². The Balaban J connectivity index is 1.91. The molecule has 0 fully saturated rings. The number of benzene rings is 1. The first-order valence-electron chi connectivity index (χ1n) is 8.18. The summed E-state index contributed by atoms with van der Waals surface area (Å²) in [6.07, 6.45) is 1.62. The van der Waals surface area contributed by atoms with Gasteiger partial charge in [0.25, 0.3) is 5.91 Å². The Morgan fingerprint density at radius 1 is 1.15 bits per heavy atom. The maximum atomic E-state index is 12.1. The quantitative estimate of drug-likeness (QED) is 0.533. The number of methoxy groups -OCH3 is 1. The van der Waals surface area contributed by atoms with Crippen LogP contribution in [0.15, 0.2) is 42.6 Å². The van der Waals surface area contributed by atoms with E-state index in [1.165, 1.54) is 26.3 Å². The van der Waals surface area contributed by atoms with Crippen molar-refractivity contribution in [1.82, 2.24) is 10.3 Å². The molecule has 1 aromatic heterocycles. The number of aromatic nitrogens is 1. The molecule has 2 rings (SSSR count). The van der Waals surface area contributed by atoms with Crippen molar-refractivity contribution < 1.29 is 28.7 Å². The van der Waals surface area contributed by atoms with E-state index >= 15 is 0 Å². The monoisotopic (exact) mass is 372 g/mol. The number of ether oxygens (including phenoxy) is 2. The summed E-state index contributed by atoms with van der Waals surface area (Å²) >= 11 is 0. The Bertz CT molecular complexity index is 828. The van der Waals surface area contributed by atoms with Crippen molar-refractivity contribution in [3.63, 3.8) is 0 Å². The van der Waals surface area contributed by atoms with Gasteiger partial charge in [0.2, 0.25) is 0 Å². The molecule has 0 aliphatic rings. The fourth-order valence-corrected chi connectivity index (χ4v) is 2.35. The van der Waals surface area contributed by atoms with Gasteiger partial charge in [-0.15, -0.1) is 0 Å². The summed E-state index contributed by atoms with van der Waals surface area (Å²) in [7, 11) is 1.23. The van der Waals surface area contributed by atoms with Crippen molar-refractivity contribution in [2.45, 2.75) is 19.4 Å². The van der Waals surface area contributed by atoms with Crippen molar-refractivity contribution in [3.05, 3.63) is 59.4 Å². The van der Waals surface area contributed by atoms with Crippen LogP contribution in [0.2, 0.25) is 0 Å². The van der Waals surface area contributed by atoms with Gasteiger partial charge in [0.15, 0.2) is 12.4 Å². The number of nitrogens with one attached hydrogen (secondary N) is 2. The zero-order chi connectivity index (χ0) is 19.8. The van der Waals surface area contributed by atoms with Crippen molar-refractivity contribution >= 4 is 23.6 Å². The van der Waals surface area contributed by atoms with Crippen LogP contribution in [0.3, 0.4) is 0 Å². The standard InChI is InChI=1S/C19H20N2O6/c1-12(22)14-9-15(20-10-14)19(25)27-11-17(23)21-16(18(24)26-2)8-13-6-4-3-5-7-13/h3-7,9-10,16,20H,8,11H2,1-2H3,(H,21,23). The zero-order valence-corrected chi connectivity index (χ0v) is 15.0. The SMILES string of the molecule is COC(=O)C(Cc1ccccc1)NC(=O)COC(=O)c1cc(C(C)=O)c[nH]1. The number of amides is 1. The number of hydrogen-bond acceptors (Lipinski definition) is 6. The van der Waals surface area contributed by atoms with Gasteiger partial charge in [-0.3, -0.25) is 9.59 Å². The molecule has 2 aromatic rings. The number of carbonyl (C=O) groups excluding carboxylic acids is 4. The van der Waals surface area contributed by atoms with Crippen LogP contribution in [-0.4, -0.2) is 48.4 Å². The molecule has 0 spiro atoms. The summed E-state index contributed by atoms with van der Waals surface area (Å²) in [5.74, 6) is -2.23. The highest BCUT2D eigenvalue weighted by Crippen LogP contribution is 2.07. The second-order valence-corrected chi connectivity index (χ2v) is 5.77. The minimum Gasteiger partial charge on any atom is -0.467 e. The number of H-pyrrole nitrogens is 1. The van der Waals surface area contributed by atoms with Gasteiger partial charge >= 0.3 is 11.9 Å². The first-order valence-corrected chi connectivity index (χ1v) is 8.18. The van der Waals surface area contributed by atoms with Gasteiger partial charge in [-0.05, 0) is 18.6 Å². The van der Waals surface area contributed by atoms with Gasteiger partial charge in [0, 0.05) is 18.2 Å². The fraction of sp³-hybridized carbons (Fsp3) is 0.263. The smallest absolute Gasteiger partial charge is 0.355 e. The summed E-state index contributed by atoms with van der Waals surface area (Å²) in [5.41, 5.74) is 1.23. The number of rotatable bonds is 8. The third-order valence-corrected chi connectivity index (χ3v) is 3.75. The molecule has 142 valence electrons. The van der Waals surface area contributed by atoms with Gasteiger partial charge in [-0.25, -0.2) is 9.59 Å². The lowest BCUT2D eigenvalue weighted by Gasteiger charge is -2.16. The van der Waals surface area contributed by atoms with Crippen LogP contribution in [0, 0.1) is 0 Å². The third kappa shape index (κ3) is 5.81. The molecule has 0 saturated carbocycles. The Kier molecular flexibility index (Phi) is 6.87. The molecule has 27 heavy (non-hydrogen) atoms. The summed E-state index contributed by atoms with van der Waals surface area (Å²) in [6, 6.07) is 9.55. The van der Waals surface area contributed by atoms with Crippen molar-refractivity contribution in [2.24, 2.45) is 0 Å². The average Bonchev–Trinajstić information content (AvgIpc) is 3.16. The Hall–Kier alpha value is -3.42. The van der Waals surface area contributed by atoms with Gasteiger partial charge in [0.1, 0.15) is 11.7 Å². The van der Waals surface area contributed by atoms with Crippen LogP contribution in [0.1, 0.15) is 33.3 Å². The number of Topliss-reactive ketones (excluding diaryl/α,β-unsaturated/α-hetero) is 1. The summed E-state index contributed by atoms with van der Waals surface area (Å²) in [4.78, 5) is 49.7. The molecule has 0 bridgehead atoms. The van der Waals surface area contributed by atoms with Crippen molar-refractivity contribution in [1.29, 1.82) is 0 Å². The fourth-order valence-electron chi connectivity index (χ4n) is 2.35. The predicted octanol–water partition coefficient (Wildman–Crippen LogP) is 1.27. The maximum Gasteiger partial charge on any atom is 0.355 e. The van der Waals surface area contributed by atoms with Crippen molar-refractivity contribution in [2.75, 3.05) is 13.7 Å². The molecular weight excluding hydrogens is 352 g/mol. The second kappa shape index (κ2) is 9.33. The van der Waals surface area contributed by atoms with Gasteiger partial charge in [-0.2, -0.15) is 0 Å². The molecule has 0 radical (unpaired) electrons. The Morgan fingerprint density at radius 3 is 2.44 bits per heavy atom. The molecule has 0 aliphatic heterocycles. The van der Waals surface area contributed by atoms with Crippen LogP contribution in [-0.2, 0) is 25.5 Å². The lowest BCUT2D eigenvalue weighted by Crippen LogP contribution is -2.44. The van der Waals surface area contributed by atoms with Gasteiger partial charge < -0.3 is 19.8 Å². The maximum absolute atomic E-state index is 12.1. The average molecular weight is 372 g/mol. The molecule has 1 aromatic carbocycles. The molecule has 8 heteroatoms. The molecule has 1 unspecified atom stereocenters. The highest BCUT2D eigenvalue weighted by molar-refractivity contribution is 5.98. The predicted molar refractivity (Wildman–Crippen MR) is 95.2 cm³/mol. The topological polar surface area (TPSA) is 115 Å². The van der Waals surface area contributed by atoms with E-state index in [1.807, 2.05) is 30.3 Å². The van der Waals surface area contributed by atoms with E-state index in [4.69, 9.17) is 9.47 Å². The Labute approximate surface area is 155 Å². The third-order valence-electron chi connectivity index (χ3n) is 3.75. The van der Waals surface area contributed by atoms with Crippen LogP contribution in [0.4, 0.5) is 0 Å². The summed E-state index contributed by atoms with van der Waals surface area (Å²) in [5, 5.41) is 2.49. The van der Waals surface area contributed by atoms with E-state index in [2.05, 4.69) is 10.3 Å². The lowest BCUT2D eigenvalue weighted by atomic mass is 10.1. The van der Waals surface area contributed by atoms with Crippen LogP contribution in [0.25, 0.3) is 0 Å². The van der Waals surface area contributed by atoms with Crippen LogP contribution < -0.4 is 5.32 Å². The van der Waals surface area contributed by atoms with E-state index in [0.29, 0.717) is 5.56 Å². The van der Waals surface area contributed by atoms with Crippen molar-refractivity contribution in [3.8, 4) is 0 Å². The summed E-state index contributed by atoms with van der Waals surface area (Å²) < 4.78 is 9.61. The zero-order valence-electron chi connectivity index (χ0n) is 15.0. The molecule has 0 saturated heterocycles. The number of aromatic amines is 1. The Morgan fingerprint density at radius 2 is 1.85 bits per heavy atom. The van der Waals surface area contributed by atoms with E-state index in [9.17, 15) is 19.2 Å². The number of ketones is 1. The minimum absolute atomic E-state index is 0.0572. The largest absolute Gasteiger partial charge is 0.467 e. The highest BCUT2D eigenvalue weighted by atomic mass is 16.5. The van der Waals surface area contributed by atoms with Gasteiger partial charge in [-0.1, -0.05) is 30.3 Å². The molecule has 8 nitrogen and oxygen atoms in total. The lowest BCUT2D eigenvalue weighted by molar-refractivity contribution is -0.145. The minimum atomic E-state index is -0.904. The molecule has 1 heterocycles. The van der Waals surface area contributed by atoms with E-state index in [-0.39, 0.29) is 17.9 Å². The molecule has 1 atom stereocenters. The molecular formula is C19H20N2O6. The normalized spacial score (nSPS) is 11.3. The van der Waals surface area contributed by atoms with E-state index in [1.54, 1.807) is 0 Å². The van der Waals surface area contributed by atoms with Crippen LogP contribution >= 0.6 is 0 Å². The molecule has 1 amide bonds. The second-order valence-electron chi connectivity index (χ2n) is 5.77. The number of carbonyl (C=O) groups is 4. The number of hydrogen-bond donors (Lipinski definition) is 2. The first-order chi connectivity index (χ1) is 12.9. The molecule has 2 N–H and O–H groups in total. The van der Waals surface area contributed by atoms with Gasteiger partial charge in [0.05, 0.1) is 7.11 Å². The van der Waals surface area contributed by atoms with E-state index < -0.39 is 30.5 Å². The van der Waals surface area contributed by atoms with Crippen LogP contribution in [0.5, 0.6) is 0 Å². The highest BCUT2D eigenvalue weighted by Gasteiger charge is 2.23.